The van der Waals surface area contributed by atoms with E-state index < -0.39 is 0 Å². The van der Waals surface area contributed by atoms with Gasteiger partial charge in [-0.1, -0.05) is 91.0 Å². The zero-order valence-corrected chi connectivity index (χ0v) is 22.3. The Morgan fingerprint density at radius 2 is 0.902 bits per heavy atom. The van der Waals surface area contributed by atoms with Crippen LogP contribution in [0.15, 0.2) is 158 Å². The fourth-order valence-electron chi connectivity index (χ4n) is 5.24. The Hall–Kier alpha value is -5.61. The largest absolute Gasteiger partial charge is 0.256 e. The Kier molecular flexibility index (Phi) is 6.48. The molecule has 0 atom stereocenters. The normalized spacial score (nSPS) is 10.9. The van der Waals surface area contributed by atoms with E-state index in [0.717, 1.165) is 61.8 Å². The van der Waals surface area contributed by atoms with Crippen molar-refractivity contribution in [3.05, 3.63) is 158 Å². The summed E-state index contributed by atoms with van der Waals surface area (Å²) in [7, 11) is 0. The lowest BCUT2D eigenvalue weighted by Gasteiger charge is -2.14. The van der Waals surface area contributed by atoms with Crippen LogP contribution < -0.4 is 0 Å². The van der Waals surface area contributed by atoms with Crippen LogP contribution in [0.5, 0.6) is 0 Å². The molecule has 4 heteroatoms. The summed E-state index contributed by atoms with van der Waals surface area (Å²) in [5.74, 6) is 0. The van der Waals surface area contributed by atoms with Gasteiger partial charge in [0.15, 0.2) is 0 Å². The fourth-order valence-corrected chi connectivity index (χ4v) is 5.24. The van der Waals surface area contributed by atoms with Crippen LogP contribution in [0, 0.1) is 0 Å². The van der Waals surface area contributed by atoms with Gasteiger partial charge in [0, 0.05) is 40.2 Å². The van der Waals surface area contributed by atoms with Crippen molar-refractivity contribution in [3.8, 4) is 61.8 Å². The highest BCUT2D eigenvalue weighted by molar-refractivity contribution is 5.95. The quantitative estimate of drug-likeness (QED) is 0.217. The third kappa shape index (κ3) is 4.83. The second-order valence-corrected chi connectivity index (χ2v) is 9.78. The van der Waals surface area contributed by atoms with Crippen molar-refractivity contribution in [2.24, 2.45) is 0 Å². The molecule has 194 valence electrons. The van der Waals surface area contributed by atoms with E-state index in [4.69, 9.17) is 15.1 Å². The summed E-state index contributed by atoms with van der Waals surface area (Å²) in [6.07, 6.45) is 3.67. The van der Waals surface area contributed by atoms with Crippen LogP contribution in [-0.4, -0.2) is 19.7 Å². The third-order valence-electron chi connectivity index (χ3n) is 7.12. The zero-order valence-electron chi connectivity index (χ0n) is 22.3. The first kappa shape index (κ1) is 24.4. The lowest BCUT2D eigenvalue weighted by molar-refractivity contribution is 0.892. The molecule has 0 aliphatic rings. The van der Waals surface area contributed by atoms with E-state index in [2.05, 4.69) is 95.7 Å². The first-order chi connectivity index (χ1) is 20.3. The van der Waals surface area contributed by atoms with E-state index in [1.165, 1.54) is 0 Å². The minimum absolute atomic E-state index is 0.907. The van der Waals surface area contributed by atoms with Gasteiger partial charge in [0.05, 0.1) is 22.8 Å². The second-order valence-electron chi connectivity index (χ2n) is 9.78. The van der Waals surface area contributed by atoms with Crippen LogP contribution in [0.4, 0.5) is 0 Å². The maximum atomic E-state index is 5.29. The second kappa shape index (κ2) is 10.9. The number of benzene rings is 4. The minimum Gasteiger partial charge on any atom is -0.256 e. The van der Waals surface area contributed by atoms with E-state index in [1.807, 2.05) is 67.0 Å². The molecule has 0 amide bonds. The molecule has 0 radical (unpaired) electrons. The molecule has 4 aromatic carbocycles. The highest BCUT2D eigenvalue weighted by Gasteiger charge is 2.24. The highest BCUT2D eigenvalue weighted by atomic mass is 15.3. The van der Waals surface area contributed by atoms with Crippen molar-refractivity contribution < 1.29 is 0 Å². The SMILES string of the molecule is c1ccc(-c2nn(-c3ccccc3)c(-c3ccccc3)c2-c2cc(-c3ccccn3)cc(-c3ccccn3)c2)cc1. The summed E-state index contributed by atoms with van der Waals surface area (Å²) < 4.78 is 2.07. The van der Waals surface area contributed by atoms with Crippen LogP contribution in [0.25, 0.3) is 61.8 Å². The number of rotatable bonds is 6. The summed E-state index contributed by atoms with van der Waals surface area (Å²) in [5.41, 5.74) is 11.0. The van der Waals surface area contributed by atoms with Crippen LogP contribution in [-0.2, 0) is 0 Å². The minimum atomic E-state index is 0.907. The van der Waals surface area contributed by atoms with E-state index >= 15 is 0 Å². The molecule has 7 rings (SSSR count). The van der Waals surface area contributed by atoms with Crippen molar-refractivity contribution >= 4 is 0 Å². The van der Waals surface area contributed by atoms with Gasteiger partial charge in [0.25, 0.3) is 0 Å². The molecule has 0 aliphatic carbocycles. The number of hydrogen-bond acceptors (Lipinski definition) is 3. The van der Waals surface area contributed by atoms with Crippen LogP contribution in [0.1, 0.15) is 0 Å². The molecule has 41 heavy (non-hydrogen) atoms. The smallest absolute Gasteiger partial charge is 0.101 e. The molecule has 0 saturated carbocycles. The van der Waals surface area contributed by atoms with Gasteiger partial charge in [-0.05, 0) is 60.2 Å². The van der Waals surface area contributed by atoms with Crippen LogP contribution >= 0.6 is 0 Å². The predicted molar refractivity (Wildman–Crippen MR) is 166 cm³/mol. The standard InChI is InChI=1S/C37H26N4/c1-4-14-27(15-5-1)36-35(37(28-16-6-2-7-17-28)41(40-36)32-18-8-3-9-19-32)31-25-29(33-20-10-12-22-38-33)24-30(26-31)34-21-11-13-23-39-34/h1-26H. The van der Waals surface area contributed by atoms with Crippen molar-refractivity contribution in [1.82, 2.24) is 19.7 Å². The Morgan fingerprint density at radius 1 is 0.415 bits per heavy atom. The van der Waals surface area contributed by atoms with Gasteiger partial charge >= 0.3 is 0 Å². The summed E-state index contributed by atoms with van der Waals surface area (Å²) in [6.45, 7) is 0. The Morgan fingerprint density at radius 3 is 1.44 bits per heavy atom. The molecular weight excluding hydrogens is 500 g/mol. The molecule has 0 unspecified atom stereocenters. The fraction of sp³-hybridized carbons (Fsp3) is 0. The number of hydrogen-bond donors (Lipinski definition) is 0. The lowest BCUT2D eigenvalue weighted by atomic mass is 9.91. The van der Waals surface area contributed by atoms with Crippen molar-refractivity contribution in [2.75, 3.05) is 0 Å². The molecule has 0 aliphatic heterocycles. The molecule has 3 aromatic heterocycles. The van der Waals surface area contributed by atoms with Gasteiger partial charge in [-0.2, -0.15) is 5.10 Å². The van der Waals surface area contributed by atoms with Gasteiger partial charge < -0.3 is 0 Å². The van der Waals surface area contributed by atoms with Gasteiger partial charge in [-0.3, -0.25) is 9.97 Å². The molecule has 3 heterocycles. The van der Waals surface area contributed by atoms with Crippen molar-refractivity contribution in [3.63, 3.8) is 0 Å². The molecule has 0 N–H and O–H groups in total. The highest BCUT2D eigenvalue weighted by Crippen LogP contribution is 2.43. The van der Waals surface area contributed by atoms with Gasteiger partial charge in [0.1, 0.15) is 5.69 Å². The van der Waals surface area contributed by atoms with Crippen LogP contribution in [0.2, 0.25) is 0 Å². The maximum absolute atomic E-state index is 5.29. The summed E-state index contributed by atoms with van der Waals surface area (Å²) in [5, 5.41) is 5.29. The van der Waals surface area contributed by atoms with Crippen molar-refractivity contribution in [2.45, 2.75) is 0 Å². The molecule has 7 aromatic rings. The monoisotopic (exact) mass is 526 g/mol. The third-order valence-corrected chi connectivity index (χ3v) is 7.12. The maximum Gasteiger partial charge on any atom is 0.101 e. The topological polar surface area (TPSA) is 43.6 Å². The number of nitrogens with zero attached hydrogens (tertiary/aromatic N) is 4. The van der Waals surface area contributed by atoms with Crippen LogP contribution in [0.3, 0.4) is 0 Å². The van der Waals surface area contributed by atoms with E-state index in [0.29, 0.717) is 0 Å². The van der Waals surface area contributed by atoms with Gasteiger partial charge in [-0.15, -0.1) is 0 Å². The number of pyridine rings is 2. The average molecular weight is 527 g/mol. The van der Waals surface area contributed by atoms with Crippen molar-refractivity contribution in [1.29, 1.82) is 0 Å². The predicted octanol–water partition coefficient (Wildman–Crippen LogP) is 9.00. The molecular formula is C37H26N4. The molecule has 0 saturated heterocycles. The first-order valence-electron chi connectivity index (χ1n) is 13.6. The molecule has 4 nitrogen and oxygen atoms in total. The molecule has 0 fully saturated rings. The Balaban J connectivity index is 1.59. The Bertz CT molecular complexity index is 1840. The van der Waals surface area contributed by atoms with E-state index in [-0.39, 0.29) is 0 Å². The molecule has 0 spiro atoms. The van der Waals surface area contributed by atoms with E-state index in [1.54, 1.807) is 0 Å². The zero-order chi connectivity index (χ0) is 27.4. The lowest BCUT2D eigenvalue weighted by Crippen LogP contribution is -1.99. The average Bonchev–Trinajstić information content (AvgIpc) is 3.48. The number of para-hydroxylation sites is 1. The van der Waals surface area contributed by atoms with Gasteiger partial charge in [-0.25, -0.2) is 4.68 Å². The van der Waals surface area contributed by atoms with E-state index in [9.17, 15) is 0 Å². The first-order valence-corrected chi connectivity index (χ1v) is 13.6. The van der Waals surface area contributed by atoms with Gasteiger partial charge in [0.2, 0.25) is 0 Å². The summed E-state index contributed by atoms with van der Waals surface area (Å²) in [6, 6.07) is 49.9. The summed E-state index contributed by atoms with van der Waals surface area (Å²) >= 11 is 0. The Labute approximate surface area is 239 Å². The molecule has 0 bridgehead atoms. The number of aromatic nitrogens is 4. The summed E-state index contributed by atoms with van der Waals surface area (Å²) in [4.78, 5) is 9.38.